The number of hydrogen-bond donors (Lipinski definition) is 1. The fourth-order valence-corrected chi connectivity index (χ4v) is 3.01. The lowest BCUT2D eigenvalue weighted by Crippen LogP contribution is -2.44. The molecule has 0 radical (unpaired) electrons. The molecule has 1 amide bonds. The van der Waals surface area contributed by atoms with Crippen LogP contribution in [0.25, 0.3) is 0 Å². The van der Waals surface area contributed by atoms with E-state index in [1.54, 1.807) is 6.92 Å². The Bertz CT molecular complexity index is 936. The van der Waals surface area contributed by atoms with E-state index in [9.17, 15) is 4.79 Å². The Labute approximate surface area is 150 Å². The molecule has 2 aromatic carbocycles. The zero-order valence-corrected chi connectivity index (χ0v) is 14.5. The second kappa shape index (κ2) is 6.51. The first-order valence-electron chi connectivity index (χ1n) is 8.26. The van der Waals surface area contributed by atoms with E-state index in [2.05, 4.69) is 20.4 Å². The predicted octanol–water partition coefficient (Wildman–Crippen LogP) is 2.84. The summed E-state index contributed by atoms with van der Waals surface area (Å²) in [5.41, 5.74) is 2.56. The highest BCUT2D eigenvalue weighted by Crippen LogP contribution is 2.32. The lowest BCUT2D eigenvalue weighted by Gasteiger charge is -2.36. The second-order valence-corrected chi connectivity index (χ2v) is 6.09. The SMILES string of the molecule is Cc1nc(COc2ccc([C@@H]3NC(=O)c4ccccc4N3C)cc2)no1. The summed E-state index contributed by atoms with van der Waals surface area (Å²) in [6, 6.07) is 15.2. The molecule has 132 valence electrons. The van der Waals surface area contributed by atoms with Gasteiger partial charge in [-0.3, -0.25) is 4.79 Å². The molecular weight excluding hydrogens is 332 g/mol. The summed E-state index contributed by atoms with van der Waals surface area (Å²) < 4.78 is 10.6. The Kier molecular flexibility index (Phi) is 4.04. The van der Waals surface area contributed by atoms with Crippen molar-refractivity contribution >= 4 is 11.6 Å². The summed E-state index contributed by atoms with van der Waals surface area (Å²) in [4.78, 5) is 18.5. The van der Waals surface area contributed by atoms with Gasteiger partial charge >= 0.3 is 0 Å². The molecular formula is C19H18N4O3. The van der Waals surface area contributed by atoms with Gasteiger partial charge in [0, 0.05) is 14.0 Å². The van der Waals surface area contributed by atoms with Crippen LogP contribution in [0.15, 0.2) is 53.1 Å². The maximum absolute atomic E-state index is 12.4. The Balaban J connectivity index is 1.49. The number of anilines is 1. The van der Waals surface area contributed by atoms with E-state index in [0.29, 0.717) is 23.0 Å². The number of para-hydroxylation sites is 1. The summed E-state index contributed by atoms with van der Waals surface area (Å²) >= 11 is 0. The number of carbonyl (C=O) groups is 1. The molecule has 4 rings (SSSR count). The zero-order chi connectivity index (χ0) is 18.1. The van der Waals surface area contributed by atoms with Crippen molar-refractivity contribution in [3.8, 4) is 5.75 Å². The molecule has 0 bridgehead atoms. The normalized spacial score (nSPS) is 16.2. The van der Waals surface area contributed by atoms with E-state index in [1.807, 2.05) is 55.6 Å². The molecule has 0 saturated heterocycles. The molecule has 7 nitrogen and oxygen atoms in total. The number of rotatable bonds is 4. The van der Waals surface area contributed by atoms with Crippen LogP contribution in [0.3, 0.4) is 0 Å². The first-order chi connectivity index (χ1) is 12.6. The van der Waals surface area contributed by atoms with Gasteiger partial charge in [-0.15, -0.1) is 0 Å². The molecule has 7 heteroatoms. The van der Waals surface area contributed by atoms with Crippen molar-refractivity contribution in [2.75, 3.05) is 11.9 Å². The third kappa shape index (κ3) is 2.99. The minimum Gasteiger partial charge on any atom is -0.485 e. The van der Waals surface area contributed by atoms with Gasteiger partial charge in [-0.05, 0) is 29.8 Å². The van der Waals surface area contributed by atoms with E-state index in [0.717, 1.165) is 11.3 Å². The first-order valence-corrected chi connectivity index (χ1v) is 8.26. The molecule has 3 aromatic rings. The molecule has 0 unspecified atom stereocenters. The molecule has 1 aliphatic rings. The van der Waals surface area contributed by atoms with Crippen LogP contribution in [-0.2, 0) is 6.61 Å². The minimum atomic E-state index is -0.230. The smallest absolute Gasteiger partial charge is 0.255 e. The third-order valence-electron chi connectivity index (χ3n) is 4.32. The largest absolute Gasteiger partial charge is 0.485 e. The number of amides is 1. The van der Waals surface area contributed by atoms with Crippen molar-refractivity contribution in [1.82, 2.24) is 15.5 Å². The van der Waals surface area contributed by atoms with Crippen LogP contribution in [0.4, 0.5) is 5.69 Å². The van der Waals surface area contributed by atoms with Crippen molar-refractivity contribution < 1.29 is 14.1 Å². The number of nitrogens with one attached hydrogen (secondary N) is 1. The summed E-state index contributed by atoms with van der Waals surface area (Å²) in [5.74, 6) is 1.63. The molecule has 0 spiro atoms. The molecule has 26 heavy (non-hydrogen) atoms. The minimum absolute atomic E-state index is 0.0727. The fraction of sp³-hybridized carbons (Fsp3) is 0.211. The molecule has 2 heterocycles. The highest BCUT2D eigenvalue weighted by molar-refractivity contribution is 6.01. The maximum Gasteiger partial charge on any atom is 0.255 e. The van der Waals surface area contributed by atoms with Gasteiger partial charge in [-0.25, -0.2) is 0 Å². The van der Waals surface area contributed by atoms with Crippen molar-refractivity contribution in [2.45, 2.75) is 19.7 Å². The number of carbonyl (C=O) groups excluding carboxylic acids is 1. The van der Waals surface area contributed by atoms with Crippen molar-refractivity contribution in [3.63, 3.8) is 0 Å². The molecule has 0 saturated carbocycles. The van der Waals surface area contributed by atoms with Gasteiger partial charge in [0.05, 0.1) is 11.3 Å². The van der Waals surface area contributed by atoms with Gasteiger partial charge in [0.2, 0.25) is 11.7 Å². The fourth-order valence-electron chi connectivity index (χ4n) is 3.01. The summed E-state index contributed by atoms with van der Waals surface area (Å²) in [6.07, 6.45) is -0.230. The highest BCUT2D eigenvalue weighted by Gasteiger charge is 2.28. The number of hydrogen-bond acceptors (Lipinski definition) is 6. The molecule has 1 aliphatic heterocycles. The lowest BCUT2D eigenvalue weighted by atomic mass is 10.0. The van der Waals surface area contributed by atoms with E-state index in [4.69, 9.17) is 9.26 Å². The van der Waals surface area contributed by atoms with Gasteiger partial charge in [-0.2, -0.15) is 4.98 Å². The first kappa shape index (κ1) is 16.1. The standard InChI is InChI=1S/C19H18N4O3/c1-12-20-17(22-26-12)11-25-14-9-7-13(8-10-14)18-21-19(24)15-5-3-4-6-16(15)23(18)2/h3-10,18H,11H2,1-2H3,(H,21,24)/t18-/m1/s1. The molecule has 1 N–H and O–H groups in total. The van der Waals surface area contributed by atoms with E-state index >= 15 is 0 Å². The topological polar surface area (TPSA) is 80.5 Å². The quantitative estimate of drug-likeness (QED) is 0.779. The summed E-state index contributed by atoms with van der Waals surface area (Å²) in [5, 5.41) is 6.83. The number of nitrogens with zero attached hydrogens (tertiary/aromatic N) is 3. The van der Waals surface area contributed by atoms with Crippen LogP contribution in [0.5, 0.6) is 5.75 Å². The van der Waals surface area contributed by atoms with Gasteiger partial charge in [0.15, 0.2) is 6.61 Å². The summed E-state index contributed by atoms with van der Waals surface area (Å²) in [7, 11) is 1.96. The van der Waals surface area contributed by atoms with Crippen molar-refractivity contribution in [1.29, 1.82) is 0 Å². The van der Waals surface area contributed by atoms with Crippen molar-refractivity contribution in [2.24, 2.45) is 0 Å². The molecule has 0 aliphatic carbocycles. The number of aryl methyl sites for hydroxylation is 1. The van der Waals surface area contributed by atoms with E-state index < -0.39 is 0 Å². The maximum atomic E-state index is 12.4. The van der Waals surface area contributed by atoms with E-state index in [-0.39, 0.29) is 18.7 Å². The second-order valence-electron chi connectivity index (χ2n) is 6.09. The van der Waals surface area contributed by atoms with Gasteiger partial charge in [0.1, 0.15) is 11.9 Å². The highest BCUT2D eigenvalue weighted by atomic mass is 16.5. The number of aromatic nitrogens is 2. The van der Waals surface area contributed by atoms with Crippen LogP contribution in [0.1, 0.15) is 33.8 Å². The third-order valence-corrected chi connectivity index (χ3v) is 4.32. The Morgan fingerprint density at radius 2 is 1.96 bits per heavy atom. The lowest BCUT2D eigenvalue weighted by molar-refractivity contribution is 0.0928. The number of benzene rings is 2. The summed E-state index contributed by atoms with van der Waals surface area (Å²) in [6.45, 7) is 1.97. The molecule has 1 atom stereocenters. The average Bonchev–Trinajstić information content (AvgIpc) is 3.09. The van der Waals surface area contributed by atoms with Crippen LogP contribution in [-0.4, -0.2) is 23.1 Å². The van der Waals surface area contributed by atoms with Crippen LogP contribution in [0, 0.1) is 6.92 Å². The van der Waals surface area contributed by atoms with Crippen LogP contribution >= 0.6 is 0 Å². The Morgan fingerprint density at radius 3 is 2.69 bits per heavy atom. The molecule has 1 aromatic heterocycles. The van der Waals surface area contributed by atoms with Crippen molar-refractivity contribution in [3.05, 3.63) is 71.4 Å². The number of fused-ring (bicyclic) bond motifs is 1. The molecule has 0 fully saturated rings. The average molecular weight is 350 g/mol. The number of ether oxygens (including phenoxy) is 1. The Hall–Kier alpha value is -3.35. The Morgan fingerprint density at radius 1 is 1.19 bits per heavy atom. The monoisotopic (exact) mass is 350 g/mol. The van der Waals surface area contributed by atoms with Gasteiger partial charge in [-0.1, -0.05) is 29.4 Å². The van der Waals surface area contributed by atoms with Gasteiger partial charge in [0.25, 0.3) is 5.91 Å². The predicted molar refractivity (Wildman–Crippen MR) is 94.9 cm³/mol. The van der Waals surface area contributed by atoms with E-state index in [1.165, 1.54) is 0 Å². The van der Waals surface area contributed by atoms with Gasteiger partial charge < -0.3 is 19.5 Å². The zero-order valence-electron chi connectivity index (χ0n) is 14.5. The van der Waals surface area contributed by atoms with Crippen LogP contribution < -0.4 is 15.0 Å². The van der Waals surface area contributed by atoms with Crippen LogP contribution in [0.2, 0.25) is 0 Å².